The minimum Gasteiger partial charge on any atom is -0.380 e. The van der Waals surface area contributed by atoms with Gasteiger partial charge in [-0.3, -0.25) is 4.79 Å². The average Bonchev–Trinajstić information content (AvgIpc) is 2.48. The molecule has 1 aromatic rings. The molecule has 3 N–H and O–H groups in total. The molecular formula is C16H26ClFN2O2. The zero-order chi connectivity index (χ0) is 15.5. The van der Waals surface area contributed by atoms with E-state index >= 15 is 0 Å². The Morgan fingerprint density at radius 1 is 1.27 bits per heavy atom. The van der Waals surface area contributed by atoms with Gasteiger partial charge in [0.1, 0.15) is 5.82 Å². The second-order valence-electron chi connectivity index (χ2n) is 5.09. The molecule has 0 aliphatic carbocycles. The molecule has 1 amide bonds. The van der Waals surface area contributed by atoms with Crippen molar-refractivity contribution in [1.29, 1.82) is 0 Å². The van der Waals surface area contributed by atoms with Crippen molar-refractivity contribution in [2.75, 3.05) is 13.7 Å². The zero-order valence-corrected chi connectivity index (χ0v) is 13.9. The summed E-state index contributed by atoms with van der Waals surface area (Å²) in [5.41, 5.74) is 6.79. The van der Waals surface area contributed by atoms with Gasteiger partial charge in [-0.25, -0.2) is 4.39 Å². The number of hydrogen-bond donors (Lipinski definition) is 2. The number of benzene rings is 1. The van der Waals surface area contributed by atoms with Gasteiger partial charge in [-0.1, -0.05) is 18.9 Å². The van der Waals surface area contributed by atoms with Crippen LogP contribution in [0.3, 0.4) is 0 Å². The van der Waals surface area contributed by atoms with Crippen LogP contribution in [0.2, 0.25) is 0 Å². The van der Waals surface area contributed by atoms with E-state index in [9.17, 15) is 9.18 Å². The Hall–Kier alpha value is -1.17. The highest BCUT2D eigenvalue weighted by Crippen LogP contribution is 2.12. The number of hydrogen-bond acceptors (Lipinski definition) is 3. The van der Waals surface area contributed by atoms with Gasteiger partial charge in [0.25, 0.3) is 0 Å². The van der Waals surface area contributed by atoms with Crippen molar-refractivity contribution in [1.82, 2.24) is 5.32 Å². The van der Waals surface area contributed by atoms with Gasteiger partial charge in [0, 0.05) is 25.6 Å². The summed E-state index contributed by atoms with van der Waals surface area (Å²) >= 11 is 0. The second kappa shape index (κ2) is 12.4. The summed E-state index contributed by atoms with van der Waals surface area (Å²) in [7, 11) is 1.53. The fraction of sp³-hybridized carbons (Fsp3) is 0.562. The molecular weight excluding hydrogens is 307 g/mol. The van der Waals surface area contributed by atoms with Gasteiger partial charge in [0.05, 0.1) is 6.61 Å². The van der Waals surface area contributed by atoms with Crippen molar-refractivity contribution in [3.63, 3.8) is 0 Å². The molecule has 0 saturated carbocycles. The van der Waals surface area contributed by atoms with Crippen LogP contribution in [0.4, 0.5) is 4.39 Å². The van der Waals surface area contributed by atoms with E-state index in [1.54, 1.807) is 12.1 Å². The van der Waals surface area contributed by atoms with Crippen LogP contribution in [0.5, 0.6) is 0 Å². The number of nitrogens with one attached hydrogen (secondary N) is 1. The molecule has 0 heterocycles. The Balaban J connectivity index is 0.00000441. The lowest BCUT2D eigenvalue weighted by Crippen LogP contribution is -2.22. The fourth-order valence-corrected chi connectivity index (χ4v) is 2.08. The summed E-state index contributed by atoms with van der Waals surface area (Å²) in [6.45, 7) is 1.36. The number of carbonyl (C=O) groups is 1. The van der Waals surface area contributed by atoms with Crippen molar-refractivity contribution in [3.05, 3.63) is 35.1 Å². The lowest BCUT2D eigenvalue weighted by atomic mass is 10.1. The quantitative estimate of drug-likeness (QED) is 0.647. The number of nitrogens with two attached hydrogens (primary N) is 1. The van der Waals surface area contributed by atoms with Crippen LogP contribution in [0.1, 0.15) is 43.2 Å². The van der Waals surface area contributed by atoms with Crippen LogP contribution >= 0.6 is 12.4 Å². The van der Waals surface area contributed by atoms with Crippen LogP contribution in [0.15, 0.2) is 18.2 Å². The number of unbranched alkanes of at least 4 members (excludes halogenated alkanes) is 3. The van der Waals surface area contributed by atoms with Gasteiger partial charge in [-0.05, 0) is 37.1 Å². The molecule has 1 rings (SSSR count). The summed E-state index contributed by atoms with van der Waals surface area (Å²) in [6.07, 6.45) is 4.52. The van der Waals surface area contributed by atoms with Crippen LogP contribution in [0, 0.1) is 5.82 Å². The first-order valence-electron chi connectivity index (χ1n) is 7.40. The molecule has 0 aliphatic heterocycles. The van der Waals surface area contributed by atoms with Crippen molar-refractivity contribution in [2.24, 2.45) is 5.73 Å². The molecule has 126 valence electrons. The Morgan fingerprint density at radius 3 is 2.68 bits per heavy atom. The number of rotatable bonds is 10. The number of amides is 1. The Bertz CT molecular complexity index is 444. The predicted molar refractivity (Wildman–Crippen MR) is 88.3 cm³/mol. The second-order valence-corrected chi connectivity index (χ2v) is 5.09. The van der Waals surface area contributed by atoms with E-state index in [1.807, 2.05) is 0 Å². The molecule has 0 spiro atoms. The number of carbonyl (C=O) groups excluding carboxylic acids is 1. The van der Waals surface area contributed by atoms with E-state index in [2.05, 4.69) is 5.32 Å². The molecule has 0 unspecified atom stereocenters. The van der Waals surface area contributed by atoms with E-state index in [4.69, 9.17) is 10.5 Å². The largest absolute Gasteiger partial charge is 0.380 e. The third kappa shape index (κ3) is 8.32. The van der Waals surface area contributed by atoms with Crippen LogP contribution in [0.25, 0.3) is 0 Å². The lowest BCUT2D eigenvalue weighted by Gasteiger charge is -2.08. The number of halogens is 2. The Kier molecular flexibility index (Phi) is 11.7. The molecule has 4 nitrogen and oxygen atoms in total. The van der Waals surface area contributed by atoms with Crippen molar-refractivity contribution >= 4 is 18.3 Å². The topological polar surface area (TPSA) is 64.3 Å². The highest BCUT2D eigenvalue weighted by atomic mass is 35.5. The van der Waals surface area contributed by atoms with Gasteiger partial charge in [-0.15, -0.1) is 12.4 Å². The Morgan fingerprint density at radius 2 is 2.00 bits per heavy atom. The van der Waals surface area contributed by atoms with E-state index in [0.717, 1.165) is 31.2 Å². The first kappa shape index (κ1) is 20.8. The smallest absolute Gasteiger partial charge is 0.220 e. The molecule has 22 heavy (non-hydrogen) atoms. The maximum atomic E-state index is 13.4. The zero-order valence-electron chi connectivity index (χ0n) is 13.1. The summed E-state index contributed by atoms with van der Waals surface area (Å²) in [5.74, 6) is -0.257. The normalized spacial score (nSPS) is 10.1. The molecule has 0 fully saturated rings. The molecule has 1 aromatic carbocycles. The Labute approximate surface area is 138 Å². The van der Waals surface area contributed by atoms with Crippen LogP contribution in [-0.2, 0) is 22.7 Å². The van der Waals surface area contributed by atoms with Gasteiger partial charge >= 0.3 is 0 Å². The third-order valence-corrected chi connectivity index (χ3v) is 3.26. The third-order valence-electron chi connectivity index (χ3n) is 3.26. The molecule has 0 aliphatic rings. The SMILES string of the molecule is COCc1cc(CNC(=O)CCCCCCN)ccc1F.Cl. The summed E-state index contributed by atoms with van der Waals surface area (Å²) in [4.78, 5) is 11.7. The minimum atomic E-state index is -0.285. The maximum absolute atomic E-state index is 13.4. The molecule has 0 saturated heterocycles. The molecule has 6 heteroatoms. The van der Waals surface area contributed by atoms with Gasteiger partial charge < -0.3 is 15.8 Å². The molecule has 0 atom stereocenters. The lowest BCUT2D eigenvalue weighted by molar-refractivity contribution is -0.121. The molecule has 0 aromatic heterocycles. The fourth-order valence-electron chi connectivity index (χ4n) is 2.08. The van der Waals surface area contributed by atoms with Crippen molar-refractivity contribution < 1.29 is 13.9 Å². The highest BCUT2D eigenvalue weighted by molar-refractivity contribution is 5.85. The van der Waals surface area contributed by atoms with E-state index in [0.29, 0.717) is 25.1 Å². The van der Waals surface area contributed by atoms with Gasteiger partial charge in [0.2, 0.25) is 5.91 Å². The number of methoxy groups -OCH3 is 1. The summed E-state index contributed by atoms with van der Waals surface area (Å²) in [6, 6.07) is 4.80. The highest BCUT2D eigenvalue weighted by Gasteiger charge is 2.05. The monoisotopic (exact) mass is 332 g/mol. The average molecular weight is 333 g/mol. The first-order valence-corrected chi connectivity index (χ1v) is 7.40. The molecule has 0 bridgehead atoms. The van der Waals surface area contributed by atoms with Crippen molar-refractivity contribution in [2.45, 2.75) is 45.3 Å². The predicted octanol–water partition coefficient (Wildman–Crippen LogP) is 2.92. The standard InChI is InChI=1S/C16H25FN2O2.ClH/c1-21-12-14-10-13(7-8-15(14)17)11-19-16(20)6-4-2-3-5-9-18;/h7-8,10H,2-6,9,11-12,18H2,1H3,(H,19,20);1H. The number of ether oxygens (including phenoxy) is 1. The first-order chi connectivity index (χ1) is 10.2. The van der Waals surface area contributed by atoms with Crippen LogP contribution < -0.4 is 11.1 Å². The minimum absolute atomic E-state index is 0. The van der Waals surface area contributed by atoms with E-state index in [-0.39, 0.29) is 30.7 Å². The van der Waals surface area contributed by atoms with E-state index < -0.39 is 0 Å². The van der Waals surface area contributed by atoms with E-state index in [1.165, 1.54) is 13.2 Å². The van der Waals surface area contributed by atoms with Gasteiger partial charge in [0.15, 0.2) is 0 Å². The van der Waals surface area contributed by atoms with Crippen LogP contribution in [-0.4, -0.2) is 19.6 Å². The van der Waals surface area contributed by atoms with Gasteiger partial charge in [-0.2, -0.15) is 0 Å². The maximum Gasteiger partial charge on any atom is 0.220 e. The molecule has 0 radical (unpaired) electrons. The summed E-state index contributed by atoms with van der Waals surface area (Å²) in [5, 5.41) is 2.85. The summed E-state index contributed by atoms with van der Waals surface area (Å²) < 4.78 is 18.4. The van der Waals surface area contributed by atoms with Crippen molar-refractivity contribution in [3.8, 4) is 0 Å².